The molecule has 2 aliphatic rings. The second kappa shape index (κ2) is 6.93. The van der Waals surface area contributed by atoms with Crippen LogP contribution in [0, 0.1) is 0 Å². The number of hydrogen-bond acceptors (Lipinski definition) is 4. The first-order valence-electron chi connectivity index (χ1n) is 8.56. The summed E-state index contributed by atoms with van der Waals surface area (Å²) in [5, 5.41) is 5.82. The minimum absolute atomic E-state index is 0.209. The maximum atomic E-state index is 12.2. The Hall–Kier alpha value is -2.89. The number of urea groups is 1. The van der Waals surface area contributed by atoms with Gasteiger partial charge in [0.05, 0.1) is 0 Å². The van der Waals surface area contributed by atoms with E-state index in [0.29, 0.717) is 29.8 Å². The first-order chi connectivity index (χ1) is 12.3. The number of carbonyl (C=O) groups is 1. The topological polar surface area (TPSA) is 62.8 Å². The average molecular weight is 339 g/mol. The first kappa shape index (κ1) is 15.6. The third-order valence-corrected chi connectivity index (χ3v) is 4.59. The second-order valence-corrected chi connectivity index (χ2v) is 6.23. The van der Waals surface area contributed by atoms with Gasteiger partial charge >= 0.3 is 6.03 Å². The molecule has 130 valence electrons. The average Bonchev–Trinajstić information content (AvgIpc) is 3.29. The maximum Gasteiger partial charge on any atom is 0.319 e. The number of ether oxygens (including phenoxy) is 2. The third kappa shape index (κ3) is 3.47. The Balaban J connectivity index is 1.32. The van der Waals surface area contributed by atoms with Crippen LogP contribution in [0.15, 0.2) is 48.5 Å². The van der Waals surface area contributed by atoms with E-state index in [1.165, 1.54) is 5.69 Å². The van der Waals surface area contributed by atoms with Crippen LogP contribution in [0.2, 0.25) is 0 Å². The third-order valence-electron chi connectivity index (χ3n) is 4.59. The van der Waals surface area contributed by atoms with Crippen LogP contribution in [-0.4, -0.2) is 32.0 Å². The van der Waals surface area contributed by atoms with Crippen molar-refractivity contribution in [1.29, 1.82) is 0 Å². The molecule has 0 spiro atoms. The Morgan fingerprint density at radius 2 is 1.96 bits per heavy atom. The highest BCUT2D eigenvalue weighted by molar-refractivity contribution is 5.89. The Bertz CT molecular complexity index is 751. The van der Waals surface area contributed by atoms with Gasteiger partial charge in [-0.1, -0.05) is 18.2 Å². The molecule has 0 aliphatic carbocycles. The van der Waals surface area contributed by atoms with Gasteiger partial charge in [0.1, 0.15) is 0 Å². The summed E-state index contributed by atoms with van der Waals surface area (Å²) in [6.07, 6.45) is 2.23. The van der Waals surface area contributed by atoms with Crippen LogP contribution in [0.5, 0.6) is 11.5 Å². The lowest BCUT2D eigenvalue weighted by atomic mass is 10.2. The van der Waals surface area contributed by atoms with E-state index in [4.69, 9.17) is 9.47 Å². The van der Waals surface area contributed by atoms with Crippen molar-refractivity contribution in [2.75, 3.05) is 30.1 Å². The quantitative estimate of drug-likeness (QED) is 0.898. The molecule has 4 rings (SSSR count). The summed E-state index contributed by atoms with van der Waals surface area (Å²) in [5.41, 5.74) is 1.90. The van der Waals surface area contributed by atoms with Crippen molar-refractivity contribution >= 4 is 17.4 Å². The van der Waals surface area contributed by atoms with Crippen LogP contribution in [0.25, 0.3) is 0 Å². The number of rotatable bonds is 4. The van der Waals surface area contributed by atoms with Crippen molar-refractivity contribution in [1.82, 2.24) is 5.32 Å². The highest BCUT2D eigenvalue weighted by atomic mass is 16.7. The fourth-order valence-electron chi connectivity index (χ4n) is 3.37. The van der Waals surface area contributed by atoms with Crippen LogP contribution >= 0.6 is 0 Å². The van der Waals surface area contributed by atoms with Crippen LogP contribution < -0.4 is 25.0 Å². The number of hydrogen-bond donors (Lipinski definition) is 2. The fourth-order valence-corrected chi connectivity index (χ4v) is 3.37. The van der Waals surface area contributed by atoms with Gasteiger partial charge in [-0.15, -0.1) is 0 Å². The van der Waals surface area contributed by atoms with Crippen molar-refractivity contribution in [2.24, 2.45) is 0 Å². The summed E-state index contributed by atoms with van der Waals surface area (Å²) in [6, 6.07) is 15.8. The largest absolute Gasteiger partial charge is 0.454 e. The number of para-hydroxylation sites is 1. The molecule has 1 atom stereocenters. The molecule has 0 bridgehead atoms. The Labute approximate surface area is 146 Å². The van der Waals surface area contributed by atoms with Gasteiger partial charge in [-0.3, -0.25) is 0 Å². The summed E-state index contributed by atoms with van der Waals surface area (Å²) in [7, 11) is 0. The van der Waals surface area contributed by atoms with E-state index in [1.54, 1.807) is 18.2 Å². The molecule has 25 heavy (non-hydrogen) atoms. The lowest BCUT2D eigenvalue weighted by molar-refractivity contribution is 0.174. The van der Waals surface area contributed by atoms with E-state index >= 15 is 0 Å². The summed E-state index contributed by atoms with van der Waals surface area (Å²) in [4.78, 5) is 14.6. The van der Waals surface area contributed by atoms with Crippen molar-refractivity contribution in [3.05, 3.63) is 48.5 Å². The maximum absolute atomic E-state index is 12.2. The molecule has 2 aliphatic heterocycles. The van der Waals surface area contributed by atoms with Crippen LogP contribution in [0.3, 0.4) is 0 Å². The van der Waals surface area contributed by atoms with Gasteiger partial charge < -0.3 is 25.0 Å². The van der Waals surface area contributed by atoms with Crippen molar-refractivity contribution in [3.8, 4) is 11.5 Å². The predicted molar refractivity (Wildman–Crippen MR) is 96.4 cm³/mol. The van der Waals surface area contributed by atoms with Gasteiger partial charge in [-0.2, -0.15) is 0 Å². The molecule has 0 radical (unpaired) electrons. The van der Waals surface area contributed by atoms with Gasteiger partial charge in [0, 0.05) is 36.6 Å². The number of anilines is 2. The van der Waals surface area contributed by atoms with E-state index in [9.17, 15) is 4.79 Å². The van der Waals surface area contributed by atoms with Crippen LogP contribution in [0.4, 0.5) is 16.2 Å². The molecule has 0 unspecified atom stereocenters. The van der Waals surface area contributed by atoms with Gasteiger partial charge in [0.2, 0.25) is 6.79 Å². The Morgan fingerprint density at radius 1 is 1.12 bits per heavy atom. The Kier molecular flexibility index (Phi) is 4.33. The molecular weight excluding hydrogens is 318 g/mol. The molecule has 2 amide bonds. The molecule has 2 N–H and O–H groups in total. The van der Waals surface area contributed by atoms with E-state index in [1.807, 2.05) is 18.2 Å². The van der Waals surface area contributed by atoms with Gasteiger partial charge in [0.15, 0.2) is 11.5 Å². The number of carbonyl (C=O) groups excluding carboxylic acids is 1. The highest BCUT2D eigenvalue weighted by Crippen LogP contribution is 2.34. The predicted octanol–water partition coefficient (Wildman–Crippen LogP) is 3.21. The number of nitrogens with one attached hydrogen (secondary N) is 2. The van der Waals surface area contributed by atoms with Gasteiger partial charge in [0.25, 0.3) is 0 Å². The smallest absolute Gasteiger partial charge is 0.319 e. The van der Waals surface area contributed by atoms with E-state index < -0.39 is 0 Å². The zero-order chi connectivity index (χ0) is 17.1. The molecule has 6 nitrogen and oxygen atoms in total. The molecule has 2 heterocycles. The van der Waals surface area contributed by atoms with Gasteiger partial charge in [-0.05, 0) is 37.1 Å². The molecule has 6 heteroatoms. The first-order valence-corrected chi connectivity index (χ1v) is 8.56. The molecule has 1 fully saturated rings. The summed E-state index contributed by atoms with van der Waals surface area (Å²) < 4.78 is 10.6. The van der Waals surface area contributed by atoms with Gasteiger partial charge in [-0.25, -0.2) is 4.79 Å². The minimum Gasteiger partial charge on any atom is -0.454 e. The van der Waals surface area contributed by atoms with Crippen LogP contribution in [0.1, 0.15) is 12.8 Å². The lowest BCUT2D eigenvalue weighted by Crippen LogP contribution is -2.41. The number of amides is 2. The monoisotopic (exact) mass is 339 g/mol. The molecule has 0 aromatic heterocycles. The standard InChI is InChI=1S/C19H21N3O3/c23-19(21-14-8-9-17-18(11-14)25-13-24-17)20-12-16-7-4-10-22(16)15-5-2-1-3-6-15/h1-3,5-6,8-9,11,16H,4,7,10,12-13H2,(H2,20,21,23)/t16-/m1/s1. The molecule has 2 aromatic rings. The van der Waals surface area contributed by atoms with E-state index in [-0.39, 0.29) is 12.8 Å². The van der Waals surface area contributed by atoms with Crippen LogP contribution in [-0.2, 0) is 0 Å². The zero-order valence-electron chi connectivity index (χ0n) is 13.9. The number of fused-ring (bicyclic) bond motifs is 1. The zero-order valence-corrected chi connectivity index (χ0v) is 13.9. The molecular formula is C19H21N3O3. The summed E-state index contributed by atoms with van der Waals surface area (Å²) >= 11 is 0. The van der Waals surface area contributed by atoms with E-state index in [0.717, 1.165) is 19.4 Å². The Morgan fingerprint density at radius 3 is 2.84 bits per heavy atom. The van der Waals surface area contributed by atoms with Crippen molar-refractivity contribution in [3.63, 3.8) is 0 Å². The number of benzene rings is 2. The molecule has 1 saturated heterocycles. The second-order valence-electron chi connectivity index (χ2n) is 6.23. The number of nitrogens with zero attached hydrogens (tertiary/aromatic N) is 1. The lowest BCUT2D eigenvalue weighted by Gasteiger charge is -2.27. The van der Waals surface area contributed by atoms with E-state index in [2.05, 4.69) is 27.7 Å². The van der Waals surface area contributed by atoms with Crippen molar-refractivity contribution in [2.45, 2.75) is 18.9 Å². The SMILES string of the molecule is O=C(NC[C@H]1CCCN1c1ccccc1)Nc1ccc2c(c1)OCO2. The normalized spacial score (nSPS) is 18.2. The van der Waals surface area contributed by atoms with Crippen molar-refractivity contribution < 1.29 is 14.3 Å². The highest BCUT2D eigenvalue weighted by Gasteiger charge is 2.25. The summed E-state index contributed by atoms with van der Waals surface area (Å²) in [6.45, 7) is 1.87. The minimum atomic E-state index is -0.209. The fraction of sp³-hybridized carbons (Fsp3) is 0.316. The molecule has 0 saturated carbocycles. The molecule has 2 aromatic carbocycles. The summed E-state index contributed by atoms with van der Waals surface area (Å²) in [5.74, 6) is 1.36.